The Morgan fingerprint density at radius 2 is 2.09 bits per heavy atom. The van der Waals surface area contributed by atoms with Gasteiger partial charge in [0, 0.05) is 16.6 Å². The van der Waals surface area contributed by atoms with Crippen LogP contribution in [0.4, 0.5) is 0 Å². The maximum absolute atomic E-state index is 6.20. The van der Waals surface area contributed by atoms with Gasteiger partial charge in [0.25, 0.3) is 0 Å². The van der Waals surface area contributed by atoms with Gasteiger partial charge in [0.2, 0.25) is 0 Å². The molecule has 122 valence electrons. The molecule has 0 amide bonds. The van der Waals surface area contributed by atoms with E-state index in [1.807, 2.05) is 19.1 Å². The van der Waals surface area contributed by atoms with E-state index in [2.05, 4.69) is 15.2 Å². The predicted molar refractivity (Wildman–Crippen MR) is 94.8 cm³/mol. The minimum atomic E-state index is -0.00732. The summed E-state index contributed by atoms with van der Waals surface area (Å²) in [4.78, 5) is 6.87. The van der Waals surface area contributed by atoms with Crippen LogP contribution in [-0.2, 0) is 0 Å². The van der Waals surface area contributed by atoms with Crippen molar-refractivity contribution in [3.05, 3.63) is 33.8 Å². The van der Waals surface area contributed by atoms with E-state index in [0.717, 1.165) is 25.1 Å². The lowest BCUT2D eigenvalue weighted by molar-refractivity contribution is 0.336. The van der Waals surface area contributed by atoms with Crippen molar-refractivity contribution in [2.45, 2.75) is 32.2 Å². The van der Waals surface area contributed by atoms with Crippen LogP contribution in [0.25, 0.3) is 0 Å². The van der Waals surface area contributed by atoms with Gasteiger partial charge >= 0.3 is 0 Å². The highest BCUT2D eigenvalue weighted by Crippen LogP contribution is 2.25. The second-order valence-electron chi connectivity index (χ2n) is 5.70. The number of benzene rings is 1. The van der Waals surface area contributed by atoms with Gasteiger partial charge in [-0.15, -0.1) is 0 Å². The second kappa shape index (κ2) is 8.61. The fraction of sp³-hybridized carbons (Fsp3) is 0.562. The minimum Gasteiger partial charge on any atom is -0.370 e. The standard InChI is InChI=1S/C16H24Cl2N4/c1-12(14-6-5-13(17)11-15(14)18)21-16(19)20-7-4-10-22-8-2-3-9-22/h5-6,11-12H,2-4,7-10H2,1H3,(H3,19,20,21). The lowest BCUT2D eigenvalue weighted by Gasteiger charge is -2.17. The quantitative estimate of drug-likeness (QED) is 0.473. The van der Waals surface area contributed by atoms with Gasteiger partial charge < -0.3 is 16.0 Å². The maximum atomic E-state index is 6.20. The Hall–Kier alpha value is -0.970. The van der Waals surface area contributed by atoms with E-state index in [9.17, 15) is 0 Å². The Labute approximate surface area is 142 Å². The monoisotopic (exact) mass is 342 g/mol. The molecule has 1 fully saturated rings. The molecule has 1 aliphatic heterocycles. The predicted octanol–water partition coefficient (Wildman–Crippen LogP) is 3.44. The molecule has 1 atom stereocenters. The van der Waals surface area contributed by atoms with E-state index in [1.165, 1.54) is 25.9 Å². The third kappa shape index (κ3) is 5.34. The molecule has 0 spiro atoms. The summed E-state index contributed by atoms with van der Waals surface area (Å²) in [5.41, 5.74) is 6.90. The molecule has 3 N–H and O–H groups in total. The van der Waals surface area contributed by atoms with Crippen LogP contribution in [-0.4, -0.2) is 37.0 Å². The summed E-state index contributed by atoms with van der Waals surface area (Å²) < 4.78 is 0. The Kier molecular flexibility index (Phi) is 6.80. The van der Waals surface area contributed by atoms with Crippen molar-refractivity contribution < 1.29 is 0 Å². The highest BCUT2D eigenvalue weighted by Gasteiger charge is 2.11. The SMILES string of the molecule is CC(NC(N)=NCCCN1CCCC1)c1ccc(Cl)cc1Cl. The molecule has 1 unspecified atom stereocenters. The molecule has 1 aromatic rings. The fourth-order valence-electron chi connectivity index (χ4n) is 2.70. The molecule has 1 aliphatic rings. The Morgan fingerprint density at radius 1 is 1.36 bits per heavy atom. The zero-order valence-corrected chi connectivity index (χ0v) is 14.5. The number of hydrogen-bond acceptors (Lipinski definition) is 2. The van der Waals surface area contributed by atoms with E-state index in [4.69, 9.17) is 28.9 Å². The van der Waals surface area contributed by atoms with Crippen molar-refractivity contribution in [1.82, 2.24) is 10.2 Å². The molecule has 4 nitrogen and oxygen atoms in total. The van der Waals surface area contributed by atoms with Crippen LogP contribution in [0.3, 0.4) is 0 Å². The molecule has 6 heteroatoms. The molecule has 1 saturated heterocycles. The number of rotatable bonds is 6. The minimum absolute atomic E-state index is 0.00732. The number of guanidine groups is 1. The molecular weight excluding hydrogens is 319 g/mol. The molecule has 1 aromatic carbocycles. The second-order valence-corrected chi connectivity index (χ2v) is 6.54. The van der Waals surface area contributed by atoms with Crippen LogP contribution in [0.1, 0.15) is 37.8 Å². The number of nitrogens with two attached hydrogens (primary N) is 1. The smallest absolute Gasteiger partial charge is 0.189 e. The van der Waals surface area contributed by atoms with Gasteiger partial charge in [0.05, 0.1) is 6.04 Å². The Balaban J connectivity index is 1.77. The van der Waals surface area contributed by atoms with E-state index >= 15 is 0 Å². The van der Waals surface area contributed by atoms with E-state index in [1.54, 1.807) is 6.07 Å². The molecular formula is C16H24Cl2N4. The molecule has 2 rings (SSSR count). The van der Waals surface area contributed by atoms with Crippen molar-refractivity contribution in [3.8, 4) is 0 Å². The van der Waals surface area contributed by atoms with E-state index in [-0.39, 0.29) is 6.04 Å². The molecule has 0 aliphatic carbocycles. The number of nitrogens with one attached hydrogen (secondary N) is 1. The summed E-state index contributed by atoms with van der Waals surface area (Å²) >= 11 is 12.1. The van der Waals surface area contributed by atoms with E-state index in [0.29, 0.717) is 16.0 Å². The van der Waals surface area contributed by atoms with Crippen LogP contribution < -0.4 is 11.1 Å². The van der Waals surface area contributed by atoms with Gasteiger partial charge in [0.1, 0.15) is 0 Å². The number of halogens is 2. The van der Waals surface area contributed by atoms with Crippen LogP contribution in [0.2, 0.25) is 10.0 Å². The molecule has 0 radical (unpaired) electrons. The number of nitrogens with zero attached hydrogens (tertiary/aromatic N) is 2. The first-order chi connectivity index (χ1) is 10.6. The van der Waals surface area contributed by atoms with Crippen LogP contribution >= 0.6 is 23.2 Å². The van der Waals surface area contributed by atoms with E-state index < -0.39 is 0 Å². The number of likely N-dealkylation sites (tertiary alicyclic amines) is 1. The van der Waals surface area contributed by atoms with Crippen molar-refractivity contribution in [1.29, 1.82) is 0 Å². The molecule has 0 saturated carbocycles. The lowest BCUT2D eigenvalue weighted by atomic mass is 10.1. The Morgan fingerprint density at radius 3 is 2.77 bits per heavy atom. The molecule has 22 heavy (non-hydrogen) atoms. The van der Waals surface area contributed by atoms with Crippen molar-refractivity contribution in [3.63, 3.8) is 0 Å². The van der Waals surface area contributed by atoms with Gasteiger partial charge in [-0.3, -0.25) is 4.99 Å². The summed E-state index contributed by atoms with van der Waals surface area (Å²) in [6.45, 7) is 6.31. The van der Waals surface area contributed by atoms with Gasteiger partial charge in [-0.2, -0.15) is 0 Å². The Bertz CT molecular complexity index is 513. The van der Waals surface area contributed by atoms with Crippen LogP contribution in [0.15, 0.2) is 23.2 Å². The summed E-state index contributed by atoms with van der Waals surface area (Å²) in [5, 5.41) is 4.43. The average Bonchev–Trinajstić information content (AvgIpc) is 2.96. The summed E-state index contributed by atoms with van der Waals surface area (Å²) in [7, 11) is 0. The van der Waals surface area contributed by atoms with Gasteiger partial charge in [0.15, 0.2) is 5.96 Å². The third-order valence-corrected chi connectivity index (χ3v) is 4.47. The highest BCUT2D eigenvalue weighted by molar-refractivity contribution is 6.35. The van der Waals surface area contributed by atoms with Crippen molar-refractivity contribution >= 4 is 29.2 Å². The van der Waals surface area contributed by atoms with Crippen LogP contribution in [0, 0.1) is 0 Å². The van der Waals surface area contributed by atoms with Crippen LogP contribution in [0.5, 0.6) is 0 Å². The number of hydrogen-bond donors (Lipinski definition) is 2. The fourth-order valence-corrected chi connectivity index (χ4v) is 3.27. The largest absolute Gasteiger partial charge is 0.370 e. The normalized spacial score (nSPS) is 17.7. The maximum Gasteiger partial charge on any atom is 0.189 e. The molecule has 0 aromatic heterocycles. The zero-order valence-electron chi connectivity index (χ0n) is 13.0. The highest BCUT2D eigenvalue weighted by atomic mass is 35.5. The first-order valence-electron chi connectivity index (χ1n) is 7.80. The third-order valence-electron chi connectivity index (χ3n) is 3.91. The van der Waals surface area contributed by atoms with Gasteiger partial charge in [-0.05, 0) is 63.5 Å². The summed E-state index contributed by atoms with van der Waals surface area (Å²) in [6.07, 6.45) is 3.69. The van der Waals surface area contributed by atoms with Gasteiger partial charge in [-0.25, -0.2) is 0 Å². The van der Waals surface area contributed by atoms with Crippen molar-refractivity contribution in [2.75, 3.05) is 26.2 Å². The first-order valence-corrected chi connectivity index (χ1v) is 8.55. The lowest BCUT2D eigenvalue weighted by Crippen LogP contribution is -2.34. The number of aliphatic imine (C=N–C) groups is 1. The summed E-state index contributed by atoms with van der Waals surface area (Å²) in [5.74, 6) is 0.458. The summed E-state index contributed by atoms with van der Waals surface area (Å²) in [6, 6.07) is 5.46. The molecule has 0 bridgehead atoms. The molecule has 1 heterocycles. The van der Waals surface area contributed by atoms with Gasteiger partial charge in [-0.1, -0.05) is 29.3 Å². The average molecular weight is 343 g/mol. The van der Waals surface area contributed by atoms with Crippen molar-refractivity contribution in [2.24, 2.45) is 10.7 Å². The first kappa shape index (κ1) is 17.4. The topological polar surface area (TPSA) is 53.6 Å². The zero-order chi connectivity index (χ0) is 15.9.